The number of benzene rings is 1. The highest BCUT2D eigenvalue weighted by Gasteiger charge is 2.18. The highest BCUT2D eigenvalue weighted by atomic mass is 16.5. The zero-order valence-electron chi connectivity index (χ0n) is 24.8. The van der Waals surface area contributed by atoms with E-state index >= 15 is 0 Å². The van der Waals surface area contributed by atoms with Gasteiger partial charge in [-0.25, -0.2) is 0 Å². The summed E-state index contributed by atoms with van der Waals surface area (Å²) in [5, 5.41) is 10.6. The Bertz CT molecular complexity index is 631. The molecule has 0 radical (unpaired) electrons. The quantitative estimate of drug-likeness (QED) is 0.117. The van der Waals surface area contributed by atoms with Gasteiger partial charge in [-0.05, 0) is 31.4 Å². The van der Waals surface area contributed by atoms with Crippen molar-refractivity contribution in [3.8, 4) is 23.0 Å². The highest BCUT2D eigenvalue weighted by molar-refractivity contribution is 5.58. The van der Waals surface area contributed by atoms with Gasteiger partial charge in [0.2, 0.25) is 11.5 Å². The summed E-state index contributed by atoms with van der Waals surface area (Å²) < 4.78 is 18.4. The van der Waals surface area contributed by atoms with Gasteiger partial charge in [-0.1, -0.05) is 136 Å². The molecule has 0 amide bonds. The van der Waals surface area contributed by atoms with Gasteiger partial charge in [0.1, 0.15) is 0 Å². The van der Waals surface area contributed by atoms with Crippen LogP contribution < -0.4 is 14.2 Å². The van der Waals surface area contributed by atoms with Crippen LogP contribution in [-0.2, 0) is 0 Å². The van der Waals surface area contributed by atoms with Gasteiger partial charge in [0, 0.05) is 0 Å². The third-order valence-electron chi connectivity index (χ3n) is 7.05. The maximum atomic E-state index is 10.6. The molecule has 216 valence electrons. The van der Waals surface area contributed by atoms with Crippen molar-refractivity contribution in [3.05, 3.63) is 12.1 Å². The Balaban J connectivity index is 2.57. The van der Waals surface area contributed by atoms with Crippen molar-refractivity contribution in [2.75, 3.05) is 19.8 Å². The van der Waals surface area contributed by atoms with Gasteiger partial charge in [0.15, 0.2) is 11.5 Å². The van der Waals surface area contributed by atoms with Crippen LogP contribution in [0.4, 0.5) is 0 Å². The minimum Gasteiger partial charge on any atom is -0.504 e. The van der Waals surface area contributed by atoms with Gasteiger partial charge >= 0.3 is 0 Å². The Morgan fingerprint density at radius 2 is 0.784 bits per heavy atom. The van der Waals surface area contributed by atoms with Gasteiger partial charge in [0.25, 0.3) is 0 Å². The molecule has 1 aromatic rings. The molecule has 4 heteroatoms. The number of hydrogen-bond donors (Lipinski definition) is 1. The molecule has 0 aliphatic heterocycles. The van der Waals surface area contributed by atoms with Crippen LogP contribution in [0.2, 0.25) is 0 Å². The molecule has 1 rings (SSSR count). The molecule has 0 saturated heterocycles. The second-order valence-corrected chi connectivity index (χ2v) is 10.7. The monoisotopic (exact) mass is 520 g/mol. The molecular formula is C33H60O4. The molecule has 0 heterocycles. The fourth-order valence-corrected chi connectivity index (χ4v) is 4.63. The number of unbranched alkanes of at least 4 members (excludes halogenated alkanes) is 18. The molecule has 0 atom stereocenters. The molecule has 0 unspecified atom stereocenters. The molecule has 37 heavy (non-hydrogen) atoms. The number of ether oxygens (including phenoxy) is 3. The highest BCUT2D eigenvalue weighted by Crippen LogP contribution is 2.44. The third-order valence-corrected chi connectivity index (χ3v) is 7.05. The van der Waals surface area contributed by atoms with Crippen molar-refractivity contribution >= 4 is 0 Å². The molecular weight excluding hydrogens is 460 g/mol. The number of phenols is 1. The lowest BCUT2D eigenvalue weighted by atomic mass is 10.1. The van der Waals surface area contributed by atoms with E-state index in [9.17, 15) is 5.11 Å². The van der Waals surface area contributed by atoms with E-state index < -0.39 is 0 Å². The number of rotatable bonds is 27. The van der Waals surface area contributed by atoms with Crippen LogP contribution >= 0.6 is 0 Å². The normalized spacial score (nSPS) is 11.1. The first kappa shape index (κ1) is 33.4. The molecule has 0 aromatic heterocycles. The van der Waals surface area contributed by atoms with E-state index in [0.29, 0.717) is 37.1 Å². The summed E-state index contributed by atoms with van der Waals surface area (Å²) in [5.74, 6) is 1.87. The Kier molecular flexibility index (Phi) is 22.4. The molecule has 0 bridgehead atoms. The third kappa shape index (κ3) is 17.5. The first-order valence-electron chi connectivity index (χ1n) is 16.0. The maximum Gasteiger partial charge on any atom is 0.207 e. The first-order valence-corrected chi connectivity index (χ1v) is 16.0. The van der Waals surface area contributed by atoms with Crippen LogP contribution in [-0.4, -0.2) is 24.9 Å². The smallest absolute Gasteiger partial charge is 0.207 e. The summed E-state index contributed by atoms with van der Waals surface area (Å²) in [7, 11) is 0. The van der Waals surface area contributed by atoms with Crippen LogP contribution in [0.1, 0.15) is 156 Å². The van der Waals surface area contributed by atoms with Crippen LogP contribution in [0.3, 0.4) is 0 Å². The number of phenolic OH excluding ortho intramolecular Hbond substituents is 1. The molecule has 0 aliphatic carbocycles. The van der Waals surface area contributed by atoms with Gasteiger partial charge in [-0.3, -0.25) is 0 Å². The molecule has 0 aliphatic rings. The molecule has 4 nitrogen and oxygen atoms in total. The van der Waals surface area contributed by atoms with Gasteiger partial charge in [-0.2, -0.15) is 0 Å². The average molecular weight is 521 g/mol. The zero-order chi connectivity index (χ0) is 26.8. The predicted molar refractivity (Wildman–Crippen MR) is 159 cm³/mol. The van der Waals surface area contributed by atoms with E-state index in [2.05, 4.69) is 20.8 Å². The van der Waals surface area contributed by atoms with Crippen molar-refractivity contribution in [2.45, 2.75) is 156 Å². The van der Waals surface area contributed by atoms with E-state index in [1.165, 1.54) is 109 Å². The Hall–Kier alpha value is -1.58. The summed E-state index contributed by atoms with van der Waals surface area (Å²) >= 11 is 0. The number of aromatic hydroxyl groups is 1. The predicted octanol–water partition coefficient (Wildman–Crippen LogP) is 10.8. The van der Waals surface area contributed by atoms with Crippen molar-refractivity contribution in [3.63, 3.8) is 0 Å². The van der Waals surface area contributed by atoms with E-state index in [1.807, 2.05) is 6.07 Å². The Morgan fingerprint density at radius 3 is 1.22 bits per heavy atom. The molecule has 0 fully saturated rings. The summed E-state index contributed by atoms with van der Waals surface area (Å²) in [6.45, 7) is 8.65. The van der Waals surface area contributed by atoms with E-state index in [1.54, 1.807) is 6.07 Å². The summed E-state index contributed by atoms with van der Waals surface area (Å²) in [5.41, 5.74) is 0. The van der Waals surface area contributed by atoms with Crippen LogP contribution in [0.25, 0.3) is 0 Å². The second kappa shape index (κ2) is 24.7. The first-order chi connectivity index (χ1) is 18.2. The SMILES string of the molecule is CCCCCCCCCOc1ccc(O)c(OCCCCCCCCC)c1OCCCCCCCCC. The van der Waals surface area contributed by atoms with Gasteiger partial charge in [-0.15, -0.1) is 0 Å². The molecule has 0 saturated carbocycles. The minimum absolute atomic E-state index is 0.140. The minimum atomic E-state index is 0.140. The summed E-state index contributed by atoms with van der Waals surface area (Å²) in [4.78, 5) is 0. The summed E-state index contributed by atoms with van der Waals surface area (Å²) in [6, 6.07) is 3.51. The van der Waals surface area contributed by atoms with E-state index in [4.69, 9.17) is 14.2 Å². The van der Waals surface area contributed by atoms with Crippen molar-refractivity contribution < 1.29 is 19.3 Å². The second-order valence-electron chi connectivity index (χ2n) is 10.7. The summed E-state index contributed by atoms with van der Waals surface area (Å²) in [6.07, 6.45) is 26.1. The van der Waals surface area contributed by atoms with Crippen LogP contribution in [0.5, 0.6) is 23.0 Å². The Morgan fingerprint density at radius 1 is 0.432 bits per heavy atom. The number of hydrogen-bond acceptors (Lipinski definition) is 4. The molecule has 1 aromatic carbocycles. The van der Waals surface area contributed by atoms with Crippen molar-refractivity contribution in [2.24, 2.45) is 0 Å². The lowest BCUT2D eigenvalue weighted by Crippen LogP contribution is -2.06. The van der Waals surface area contributed by atoms with Crippen molar-refractivity contribution in [1.29, 1.82) is 0 Å². The average Bonchev–Trinajstić information content (AvgIpc) is 2.90. The van der Waals surface area contributed by atoms with Gasteiger partial charge in [0.05, 0.1) is 19.8 Å². The largest absolute Gasteiger partial charge is 0.504 e. The fraction of sp³-hybridized carbons (Fsp3) is 0.818. The lowest BCUT2D eigenvalue weighted by molar-refractivity contribution is 0.228. The van der Waals surface area contributed by atoms with Crippen LogP contribution in [0, 0.1) is 0 Å². The standard InChI is InChI=1S/C33H60O4/c1-4-7-10-13-16-19-22-27-35-31-26-25-30(34)32(36-28-23-20-17-14-11-8-5-2)33(31)37-29-24-21-18-15-12-9-6-3/h25-26,34H,4-24,27-29H2,1-3H3. The Labute approximate surface area is 229 Å². The van der Waals surface area contributed by atoms with Crippen LogP contribution in [0.15, 0.2) is 12.1 Å². The molecule has 0 spiro atoms. The maximum absolute atomic E-state index is 10.6. The topological polar surface area (TPSA) is 47.9 Å². The van der Waals surface area contributed by atoms with Gasteiger partial charge < -0.3 is 19.3 Å². The molecule has 1 N–H and O–H groups in total. The lowest BCUT2D eigenvalue weighted by Gasteiger charge is -2.18. The fourth-order valence-electron chi connectivity index (χ4n) is 4.63. The van der Waals surface area contributed by atoms with E-state index in [0.717, 1.165) is 25.7 Å². The van der Waals surface area contributed by atoms with E-state index in [-0.39, 0.29) is 5.75 Å². The zero-order valence-corrected chi connectivity index (χ0v) is 24.8. The van der Waals surface area contributed by atoms with Crippen molar-refractivity contribution in [1.82, 2.24) is 0 Å².